The number of nitrogens with one attached hydrogen (secondary N) is 2. The largest absolute Gasteiger partial charge is 0.398 e. The fourth-order valence-corrected chi connectivity index (χ4v) is 1.71. The molecular formula is C13H16N4O. The van der Waals surface area contributed by atoms with Crippen LogP contribution in [0, 0.1) is 0 Å². The molecule has 0 aliphatic carbocycles. The molecule has 94 valence electrons. The van der Waals surface area contributed by atoms with Gasteiger partial charge in [0.1, 0.15) is 0 Å². The number of aryl methyl sites for hydroxylation is 1. The number of rotatable bonds is 4. The summed E-state index contributed by atoms with van der Waals surface area (Å²) < 4.78 is 0. The van der Waals surface area contributed by atoms with E-state index >= 15 is 0 Å². The minimum Gasteiger partial charge on any atom is -0.398 e. The maximum atomic E-state index is 12.0. The quantitative estimate of drug-likeness (QED) is 0.721. The first kappa shape index (κ1) is 12.2. The molecule has 0 spiro atoms. The number of nitrogens with zero attached hydrogens (tertiary/aromatic N) is 1. The van der Waals surface area contributed by atoms with E-state index < -0.39 is 0 Å². The fraction of sp³-hybridized carbons (Fsp3) is 0.231. The van der Waals surface area contributed by atoms with Crippen LogP contribution in [0.5, 0.6) is 0 Å². The summed E-state index contributed by atoms with van der Waals surface area (Å²) in [6.07, 6.45) is 1.94. The van der Waals surface area contributed by atoms with E-state index in [0.717, 1.165) is 18.5 Å². The van der Waals surface area contributed by atoms with Crippen LogP contribution in [0.1, 0.15) is 29.4 Å². The molecule has 0 saturated heterocycles. The third-order valence-electron chi connectivity index (χ3n) is 2.60. The number of hydrogen-bond donors (Lipinski definition) is 3. The van der Waals surface area contributed by atoms with E-state index in [1.165, 1.54) is 0 Å². The maximum absolute atomic E-state index is 12.0. The molecule has 1 aromatic carbocycles. The zero-order valence-corrected chi connectivity index (χ0v) is 10.2. The number of benzene rings is 1. The van der Waals surface area contributed by atoms with Gasteiger partial charge in [-0.05, 0) is 18.6 Å². The molecule has 4 N–H and O–H groups in total. The SMILES string of the molecule is CCCc1cc(NC(=O)c2ccccc2N)n[nH]1. The number of nitrogen functional groups attached to an aromatic ring is 1. The minimum absolute atomic E-state index is 0.248. The lowest BCUT2D eigenvalue weighted by Gasteiger charge is -2.04. The Labute approximate surface area is 105 Å². The van der Waals surface area contributed by atoms with Crippen LogP contribution in [0.15, 0.2) is 30.3 Å². The maximum Gasteiger partial charge on any atom is 0.258 e. The second-order valence-electron chi connectivity index (χ2n) is 4.07. The molecule has 0 radical (unpaired) electrons. The van der Waals surface area contributed by atoms with Crippen LogP contribution in [0.25, 0.3) is 0 Å². The van der Waals surface area contributed by atoms with Gasteiger partial charge in [-0.15, -0.1) is 0 Å². The van der Waals surface area contributed by atoms with Gasteiger partial charge in [-0.25, -0.2) is 0 Å². The van der Waals surface area contributed by atoms with Gasteiger partial charge in [-0.1, -0.05) is 25.5 Å². The Morgan fingerprint density at radius 3 is 2.94 bits per heavy atom. The highest BCUT2D eigenvalue weighted by molar-refractivity contribution is 6.07. The molecular weight excluding hydrogens is 228 g/mol. The van der Waals surface area contributed by atoms with Gasteiger partial charge in [0.2, 0.25) is 0 Å². The average molecular weight is 244 g/mol. The van der Waals surface area contributed by atoms with Crippen molar-refractivity contribution in [3.8, 4) is 0 Å². The van der Waals surface area contributed by atoms with Crippen molar-refractivity contribution in [2.75, 3.05) is 11.1 Å². The second kappa shape index (κ2) is 5.35. The van der Waals surface area contributed by atoms with Crippen molar-refractivity contribution in [1.82, 2.24) is 10.2 Å². The van der Waals surface area contributed by atoms with E-state index in [4.69, 9.17) is 5.73 Å². The van der Waals surface area contributed by atoms with Gasteiger partial charge >= 0.3 is 0 Å². The summed E-state index contributed by atoms with van der Waals surface area (Å²) in [6, 6.07) is 8.78. The predicted molar refractivity (Wildman–Crippen MR) is 71.4 cm³/mol. The molecule has 2 aromatic rings. The molecule has 0 aliphatic heterocycles. The van der Waals surface area contributed by atoms with Crippen molar-refractivity contribution >= 4 is 17.4 Å². The topological polar surface area (TPSA) is 83.8 Å². The molecule has 0 aliphatic rings. The van der Waals surface area contributed by atoms with Gasteiger partial charge in [-0.2, -0.15) is 5.10 Å². The lowest BCUT2D eigenvalue weighted by atomic mass is 10.1. The number of para-hydroxylation sites is 1. The van der Waals surface area contributed by atoms with Crippen molar-refractivity contribution in [2.24, 2.45) is 0 Å². The van der Waals surface area contributed by atoms with E-state index in [2.05, 4.69) is 22.4 Å². The van der Waals surface area contributed by atoms with Crippen LogP contribution >= 0.6 is 0 Å². The van der Waals surface area contributed by atoms with E-state index in [1.807, 2.05) is 6.07 Å². The minimum atomic E-state index is -0.248. The second-order valence-corrected chi connectivity index (χ2v) is 4.07. The molecule has 5 heteroatoms. The van der Waals surface area contributed by atoms with Crippen molar-refractivity contribution in [3.63, 3.8) is 0 Å². The summed E-state index contributed by atoms with van der Waals surface area (Å²) in [5.41, 5.74) is 7.66. The molecule has 0 bridgehead atoms. The highest BCUT2D eigenvalue weighted by Gasteiger charge is 2.10. The first-order valence-corrected chi connectivity index (χ1v) is 5.91. The number of carbonyl (C=O) groups excluding carboxylic acids is 1. The summed E-state index contributed by atoms with van der Waals surface area (Å²) in [6.45, 7) is 2.09. The van der Waals surface area contributed by atoms with Gasteiger partial charge in [-0.3, -0.25) is 9.89 Å². The number of hydrogen-bond acceptors (Lipinski definition) is 3. The smallest absolute Gasteiger partial charge is 0.258 e. The van der Waals surface area contributed by atoms with Crippen LogP contribution in [0.4, 0.5) is 11.5 Å². The number of aromatic amines is 1. The molecule has 0 unspecified atom stereocenters. The van der Waals surface area contributed by atoms with E-state index in [9.17, 15) is 4.79 Å². The normalized spacial score (nSPS) is 10.3. The molecule has 0 saturated carbocycles. The Balaban J connectivity index is 2.09. The highest BCUT2D eigenvalue weighted by Crippen LogP contribution is 2.13. The van der Waals surface area contributed by atoms with Crippen LogP contribution < -0.4 is 11.1 Å². The summed E-state index contributed by atoms with van der Waals surface area (Å²) in [5.74, 6) is 0.273. The van der Waals surface area contributed by atoms with Crippen molar-refractivity contribution in [1.29, 1.82) is 0 Å². The Morgan fingerprint density at radius 2 is 2.22 bits per heavy atom. The number of aromatic nitrogens is 2. The molecule has 2 rings (SSSR count). The van der Waals surface area contributed by atoms with Crippen molar-refractivity contribution < 1.29 is 4.79 Å². The Kier molecular flexibility index (Phi) is 3.62. The molecule has 18 heavy (non-hydrogen) atoms. The van der Waals surface area contributed by atoms with Gasteiger partial charge < -0.3 is 11.1 Å². The molecule has 5 nitrogen and oxygen atoms in total. The molecule has 1 heterocycles. The van der Waals surface area contributed by atoms with Gasteiger partial charge in [0.05, 0.1) is 5.56 Å². The lowest BCUT2D eigenvalue weighted by molar-refractivity contribution is 0.102. The monoisotopic (exact) mass is 244 g/mol. The van der Waals surface area contributed by atoms with Gasteiger partial charge in [0, 0.05) is 17.4 Å². The van der Waals surface area contributed by atoms with Crippen molar-refractivity contribution in [2.45, 2.75) is 19.8 Å². The van der Waals surface area contributed by atoms with Crippen LogP contribution in [0.2, 0.25) is 0 Å². The molecule has 0 fully saturated rings. The van der Waals surface area contributed by atoms with Crippen LogP contribution in [-0.4, -0.2) is 16.1 Å². The Morgan fingerprint density at radius 1 is 1.44 bits per heavy atom. The third kappa shape index (κ3) is 2.68. The summed E-state index contributed by atoms with van der Waals surface area (Å²) >= 11 is 0. The van der Waals surface area contributed by atoms with Crippen LogP contribution in [-0.2, 0) is 6.42 Å². The zero-order chi connectivity index (χ0) is 13.0. The van der Waals surface area contributed by atoms with Crippen LogP contribution in [0.3, 0.4) is 0 Å². The number of H-pyrrole nitrogens is 1. The average Bonchev–Trinajstić information content (AvgIpc) is 2.77. The summed E-state index contributed by atoms with van der Waals surface area (Å²) in [4.78, 5) is 12.0. The summed E-state index contributed by atoms with van der Waals surface area (Å²) in [5, 5.41) is 9.63. The Bertz CT molecular complexity index is 547. The Hall–Kier alpha value is -2.30. The highest BCUT2D eigenvalue weighted by atomic mass is 16.1. The molecule has 1 aromatic heterocycles. The van der Waals surface area contributed by atoms with E-state index in [-0.39, 0.29) is 5.91 Å². The standard InChI is InChI=1S/C13H16N4O/c1-2-5-9-8-12(17-16-9)15-13(18)10-6-3-4-7-11(10)14/h3-4,6-8H,2,5,14H2,1H3,(H2,15,16,17,18). The predicted octanol–water partition coefficient (Wildman–Crippen LogP) is 2.20. The van der Waals surface area contributed by atoms with E-state index in [0.29, 0.717) is 17.1 Å². The number of anilines is 2. The fourth-order valence-electron chi connectivity index (χ4n) is 1.71. The van der Waals surface area contributed by atoms with Gasteiger partial charge in [0.25, 0.3) is 5.91 Å². The lowest BCUT2D eigenvalue weighted by Crippen LogP contribution is -2.14. The van der Waals surface area contributed by atoms with E-state index in [1.54, 1.807) is 24.3 Å². The number of carbonyl (C=O) groups is 1. The number of amides is 1. The third-order valence-corrected chi connectivity index (χ3v) is 2.60. The first-order chi connectivity index (χ1) is 8.70. The molecule has 0 atom stereocenters. The zero-order valence-electron chi connectivity index (χ0n) is 10.2. The first-order valence-electron chi connectivity index (χ1n) is 5.91. The van der Waals surface area contributed by atoms with Crippen molar-refractivity contribution in [3.05, 3.63) is 41.6 Å². The molecule has 1 amide bonds. The number of nitrogens with two attached hydrogens (primary N) is 1. The van der Waals surface area contributed by atoms with Gasteiger partial charge in [0.15, 0.2) is 5.82 Å². The summed E-state index contributed by atoms with van der Waals surface area (Å²) in [7, 11) is 0.